The van der Waals surface area contributed by atoms with E-state index in [1.165, 1.54) is 37.1 Å². The van der Waals surface area contributed by atoms with Crippen LogP contribution in [0.1, 0.15) is 79.3 Å². The molecule has 1 aliphatic carbocycles. The van der Waals surface area contributed by atoms with Gasteiger partial charge in [-0.1, -0.05) is 27.7 Å². The minimum absolute atomic E-state index is 0.0648. The Bertz CT molecular complexity index is 1570. The van der Waals surface area contributed by atoms with Gasteiger partial charge in [0.05, 0.1) is 30.7 Å². The van der Waals surface area contributed by atoms with Gasteiger partial charge in [0.1, 0.15) is 23.5 Å². The van der Waals surface area contributed by atoms with Crippen molar-refractivity contribution in [2.24, 2.45) is 17.3 Å². The van der Waals surface area contributed by atoms with Gasteiger partial charge < -0.3 is 24.4 Å². The number of Topliss-reactive ketones (excluding diaryl/α,β-unsaturated/α-hetero) is 1. The summed E-state index contributed by atoms with van der Waals surface area (Å²) in [4.78, 5) is 49.9. The third-order valence-corrected chi connectivity index (χ3v) is 9.73. The smallest absolute Gasteiger partial charge is 0.408 e. The number of rotatable bonds is 3. The van der Waals surface area contributed by atoms with E-state index in [4.69, 9.17) is 14.2 Å². The predicted molar refractivity (Wildman–Crippen MR) is 163 cm³/mol. The number of benzene rings is 1. The Balaban J connectivity index is 1.65. The summed E-state index contributed by atoms with van der Waals surface area (Å²) in [7, 11) is 1.40. The van der Waals surface area contributed by atoms with Crippen LogP contribution in [0.4, 0.5) is 22.4 Å². The van der Waals surface area contributed by atoms with Crippen LogP contribution in [0, 0.1) is 17.3 Å². The van der Waals surface area contributed by atoms with Crippen LogP contribution in [-0.2, 0) is 20.2 Å². The molecule has 1 aromatic heterocycles. The molecule has 6 atom stereocenters. The first-order valence-corrected chi connectivity index (χ1v) is 15.9. The molecule has 1 saturated carbocycles. The summed E-state index contributed by atoms with van der Waals surface area (Å²) in [6, 6.07) is 2.03. The molecule has 0 unspecified atom stereocenters. The zero-order valence-electron chi connectivity index (χ0n) is 27.7. The van der Waals surface area contributed by atoms with Gasteiger partial charge in [0.2, 0.25) is 11.8 Å². The fraction of sp³-hybridized carbons (Fsp3) is 0.667. The number of alkyl carbamates (subject to hydrolysis) is 1. The van der Waals surface area contributed by atoms with E-state index in [1.54, 1.807) is 34.6 Å². The molecule has 14 heteroatoms. The molecular weight excluding hydrogens is 624 g/mol. The van der Waals surface area contributed by atoms with E-state index in [0.717, 1.165) is 0 Å². The van der Waals surface area contributed by atoms with Crippen molar-refractivity contribution in [2.75, 3.05) is 13.7 Å². The second-order valence-corrected chi connectivity index (χ2v) is 14.2. The normalized spacial score (nSPS) is 31.0. The average molecular weight is 667 g/mol. The van der Waals surface area contributed by atoms with Crippen LogP contribution in [-0.4, -0.2) is 76.0 Å². The number of alkyl halides is 4. The molecule has 10 nitrogen and oxygen atoms in total. The number of nitrogens with one attached hydrogen (secondary N) is 1. The standard InChI is InChI=1S/C33H42F4N4O6/c1-8-20-23-16-41(24(20)17(2)42)28(43)26(30(3,4)5)40-29(44)47-31(6)15-18(31)10-9-13-32(34,35)33(36,37)25-27(46-23)39-22-14-19(45-7)11-12-21(22)38-25/h11-12,14,18,20,23-24,26H,8-10,13,15-16H2,1-7H3,(H,40,44)/t18-,20-,23+,24-,26-,31-/m1/s1. The number of hydrogen-bond donors (Lipinski definition) is 1. The highest BCUT2D eigenvalue weighted by atomic mass is 19.3. The lowest BCUT2D eigenvalue weighted by atomic mass is 9.85. The number of carbonyl (C=O) groups is 3. The van der Waals surface area contributed by atoms with E-state index < -0.39 is 82.7 Å². The second-order valence-electron chi connectivity index (χ2n) is 14.2. The van der Waals surface area contributed by atoms with Crippen LogP contribution in [0.15, 0.2) is 18.2 Å². The first kappa shape index (κ1) is 34.6. The van der Waals surface area contributed by atoms with E-state index in [1.807, 2.05) is 0 Å². The molecule has 3 heterocycles. The van der Waals surface area contributed by atoms with Gasteiger partial charge in [0.15, 0.2) is 11.5 Å². The maximum atomic E-state index is 16.0. The molecule has 1 aromatic carbocycles. The molecule has 2 aromatic rings. The van der Waals surface area contributed by atoms with E-state index >= 15 is 17.6 Å². The number of halogens is 4. The lowest BCUT2D eigenvalue weighted by Crippen LogP contribution is -2.57. The van der Waals surface area contributed by atoms with Crippen molar-refractivity contribution in [1.29, 1.82) is 0 Å². The van der Waals surface area contributed by atoms with E-state index in [-0.39, 0.29) is 42.8 Å². The van der Waals surface area contributed by atoms with Gasteiger partial charge in [0.25, 0.3) is 0 Å². The molecular formula is C33H42F4N4O6. The molecule has 3 aliphatic rings. The van der Waals surface area contributed by atoms with E-state index in [0.29, 0.717) is 12.2 Å². The van der Waals surface area contributed by atoms with Crippen LogP contribution < -0.4 is 14.8 Å². The molecule has 1 saturated heterocycles. The minimum Gasteiger partial charge on any atom is -0.497 e. The van der Waals surface area contributed by atoms with Crippen molar-refractivity contribution in [3.8, 4) is 11.6 Å². The Labute approximate surface area is 270 Å². The van der Waals surface area contributed by atoms with Gasteiger partial charge in [0, 0.05) is 24.3 Å². The molecule has 2 aliphatic heterocycles. The van der Waals surface area contributed by atoms with Gasteiger partial charge in [-0.05, 0) is 57.1 Å². The lowest BCUT2D eigenvalue weighted by molar-refractivity contribution is -0.223. The average Bonchev–Trinajstić information content (AvgIpc) is 3.45. The van der Waals surface area contributed by atoms with Crippen molar-refractivity contribution < 1.29 is 46.2 Å². The van der Waals surface area contributed by atoms with Crippen LogP contribution in [0.5, 0.6) is 11.6 Å². The van der Waals surface area contributed by atoms with Crippen LogP contribution in [0.2, 0.25) is 0 Å². The highest BCUT2D eigenvalue weighted by molar-refractivity contribution is 5.92. The van der Waals surface area contributed by atoms with E-state index in [2.05, 4.69) is 15.3 Å². The summed E-state index contributed by atoms with van der Waals surface area (Å²) in [6.45, 7) is 9.68. The third-order valence-electron chi connectivity index (χ3n) is 9.73. The Morgan fingerprint density at radius 1 is 1.15 bits per heavy atom. The third kappa shape index (κ3) is 6.43. The number of fused-ring (bicyclic) bond motifs is 5. The fourth-order valence-electron chi connectivity index (χ4n) is 6.85. The van der Waals surface area contributed by atoms with E-state index in [9.17, 15) is 14.4 Å². The molecule has 5 rings (SSSR count). The monoisotopic (exact) mass is 666 g/mol. The summed E-state index contributed by atoms with van der Waals surface area (Å²) in [5, 5.41) is 2.68. The quantitative estimate of drug-likeness (QED) is 0.394. The molecule has 0 spiro atoms. The lowest BCUT2D eigenvalue weighted by Gasteiger charge is -2.35. The Morgan fingerprint density at radius 2 is 1.85 bits per heavy atom. The number of nitrogens with zero attached hydrogens (tertiary/aromatic N) is 3. The number of aromatic nitrogens is 2. The predicted octanol–water partition coefficient (Wildman–Crippen LogP) is 6.04. The maximum absolute atomic E-state index is 16.0. The zero-order valence-corrected chi connectivity index (χ0v) is 27.7. The summed E-state index contributed by atoms with van der Waals surface area (Å²) in [5.41, 5.74) is -3.17. The molecule has 1 N–H and O–H groups in total. The van der Waals surface area contributed by atoms with Gasteiger partial charge in [-0.2, -0.15) is 17.6 Å². The maximum Gasteiger partial charge on any atom is 0.408 e. The van der Waals surface area contributed by atoms with Gasteiger partial charge in [-0.15, -0.1) is 0 Å². The Morgan fingerprint density at radius 3 is 2.47 bits per heavy atom. The summed E-state index contributed by atoms with van der Waals surface area (Å²) in [5.74, 6) is -11.9. The molecule has 2 bridgehead atoms. The Kier molecular flexibility index (Phi) is 8.89. The molecule has 2 amide bonds. The number of amides is 2. The largest absolute Gasteiger partial charge is 0.497 e. The molecule has 2 fully saturated rings. The van der Waals surface area contributed by atoms with Gasteiger partial charge in [-0.25, -0.2) is 14.8 Å². The summed E-state index contributed by atoms with van der Waals surface area (Å²) >= 11 is 0. The highest BCUT2D eigenvalue weighted by Gasteiger charge is 2.61. The Hall–Kier alpha value is -3.71. The number of ether oxygens (including phenoxy) is 3. The molecule has 0 radical (unpaired) electrons. The van der Waals surface area contributed by atoms with Gasteiger partial charge in [-0.3, -0.25) is 9.59 Å². The van der Waals surface area contributed by atoms with Crippen molar-refractivity contribution in [3.05, 3.63) is 23.9 Å². The zero-order chi connectivity index (χ0) is 34.7. The highest BCUT2D eigenvalue weighted by Crippen LogP contribution is 2.52. The van der Waals surface area contributed by atoms with Crippen molar-refractivity contribution >= 4 is 28.8 Å². The van der Waals surface area contributed by atoms with Gasteiger partial charge >= 0.3 is 17.9 Å². The number of ketones is 1. The number of carbonyl (C=O) groups excluding carboxylic acids is 3. The summed E-state index contributed by atoms with van der Waals surface area (Å²) in [6.07, 6.45) is -2.68. The van der Waals surface area contributed by atoms with Crippen LogP contribution in [0.3, 0.4) is 0 Å². The first-order chi connectivity index (χ1) is 21.8. The van der Waals surface area contributed by atoms with Crippen molar-refractivity contribution in [1.82, 2.24) is 20.2 Å². The topological polar surface area (TPSA) is 120 Å². The first-order valence-electron chi connectivity index (χ1n) is 15.9. The van der Waals surface area contributed by atoms with Crippen molar-refractivity contribution in [3.63, 3.8) is 0 Å². The summed E-state index contributed by atoms with van der Waals surface area (Å²) < 4.78 is 80.1. The van der Waals surface area contributed by atoms with Crippen LogP contribution in [0.25, 0.3) is 11.0 Å². The molecule has 47 heavy (non-hydrogen) atoms. The fourth-order valence-corrected chi connectivity index (χ4v) is 6.85. The second kappa shape index (κ2) is 12.1. The van der Waals surface area contributed by atoms with Crippen molar-refractivity contribution in [2.45, 2.75) is 109 Å². The minimum atomic E-state index is -4.80. The van der Waals surface area contributed by atoms with Crippen LogP contribution >= 0.6 is 0 Å². The number of methoxy groups -OCH3 is 1. The number of hydrogen-bond acceptors (Lipinski definition) is 8. The SMILES string of the molecule is CC[C@@H]1[C@@H]2CN(C(=O)[C@H](C(C)(C)C)NC(=O)O[C@]3(C)C[C@H]3CCCC(F)(F)C(F)(F)c3nc4ccc(OC)cc4nc3O2)[C@@H]1C(C)=O. The molecule has 258 valence electrons.